The van der Waals surface area contributed by atoms with Crippen LogP contribution in [0.2, 0.25) is 5.15 Å². The van der Waals surface area contributed by atoms with Crippen molar-refractivity contribution in [3.63, 3.8) is 0 Å². The Kier molecular flexibility index (Phi) is 7.03. The molecule has 0 aromatic carbocycles. The minimum absolute atomic E-state index is 0.0972. The highest BCUT2D eigenvalue weighted by Gasteiger charge is 1.76. The van der Waals surface area contributed by atoms with Gasteiger partial charge in [0, 0.05) is 12.7 Å². The van der Waals surface area contributed by atoms with E-state index in [4.69, 9.17) is 22.4 Å². The van der Waals surface area contributed by atoms with Crippen molar-refractivity contribution >= 4 is 11.6 Å². The van der Waals surface area contributed by atoms with E-state index in [1.54, 1.807) is 12.3 Å². The summed E-state index contributed by atoms with van der Waals surface area (Å²) in [5, 5.41) is 8.29. The molecule has 0 unspecified atom stereocenters. The summed E-state index contributed by atoms with van der Waals surface area (Å²) < 4.78 is 0. The zero-order chi connectivity index (χ0) is 8.53. The molecule has 0 bridgehead atoms. The van der Waals surface area contributed by atoms with Gasteiger partial charge in [0.05, 0.1) is 6.61 Å². The van der Waals surface area contributed by atoms with E-state index in [1.807, 2.05) is 12.1 Å². The number of hydrogen-bond donors (Lipinski definition) is 2. The average molecular weight is 175 g/mol. The number of aromatic nitrogens is 1. The predicted octanol–water partition coefficient (Wildman–Crippen LogP) is 0.672. The lowest BCUT2D eigenvalue weighted by molar-refractivity contribution is 0.306. The van der Waals surface area contributed by atoms with E-state index in [-0.39, 0.29) is 6.61 Å². The quantitative estimate of drug-likeness (QED) is 0.616. The molecule has 1 rings (SSSR count). The van der Waals surface area contributed by atoms with Crippen molar-refractivity contribution in [3.05, 3.63) is 29.5 Å². The van der Waals surface area contributed by atoms with E-state index in [0.29, 0.717) is 11.7 Å². The molecule has 11 heavy (non-hydrogen) atoms. The lowest BCUT2D eigenvalue weighted by atomic mass is 10.5. The van der Waals surface area contributed by atoms with Gasteiger partial charge >= 0.3 is 0 Å². The highest BCUT2D eigenvalue weighted by molar-refractivity contribution is 6.29. The van der Waals surface area contributed by atoms with Crippen LogP contribution in [-0.4, -0.2) is 23.2 Å². The zero-order valence-electron chi connectivity index (χ0n) is 6.07. The van der Waals surface area contributed by atoms with Crippen LogP contribution >= 0.6 is 11.6 Å². The number of rotatable bonds is 1. The Labute approximate surface area is 70.8 Å². The van der Waals surface area contributed by atoms with Crippen molar-refractivity contribution in [2.45, 2.75) is 0 Å². The highest BCUT2D eigenvalue weighted by atomic mass is 35.5. The average Bonchev–Trinajstić information content (AvgIpc) is 2.07. The topological polar surface area (TPSA) is 59.1 Å². The summed E-state index contributed by atoms with van der Waals surface area (Å²) in [7, 11) is 0. The van der Waals surface area contributed by atoms with Gasteiger partial charge in [-0.1, -0.05) is 17.7 Å². The molecule has 0 radical (unpaired) electrons. The fourth-order valence-corrected chi connectivity index (χ4v) is 0.471. The second-order valence-corrected chi connectivity index (χ2v) is 2.05. The number of pyridine rings is 1. The van der Waals surface area contributed by atoms with Gasteiger partial charge in [0.2, 0.25) is 0 Å². The molecule has 0 saturated carbocycles. The Bertz CT molecular complexity index is 167. The zero-order valence-corrected chi connectivity index (χ0v) is 6.83. The third kappa shape index (κ3) is 7.25. The molecule has 0 aliphatic rings. The van der Waals surface area contributed by atoms with Gasteiger partial charge in [0.25, 0.3) is 0 Å². The van der Waals surface area contributed by atoms with E-state index in [2.05, 4.69) is 4.98 Å². The van der Waals surface area contributed by atoms with Crippen LogP contribution in [0.4, 0.5) is 0 Å². The Morgan fingerprint density at radius 2 is 2.18 bits per heavy atom. The maximum Gasteiger partial charge on any atom is 0.129 e. The van der Waals surface area contributed by atoms with E-state index < -0.39 is 0 Å². The molecule has 62 valence electrons. The fraction of sp³-hybridized carbons (Fsp3) is 0.286. The second kappa shape index (κ2) is 7.47. The minimum atomic E-state index is 0.0972. The number of nitrogens with two attached hydrogens (primary N) is 1. The van der Waals surface area contributed by atoms with Gasteiger partial charge < -0.3 is 10.8 Å². The van der Waals surface area contributed by atoms with Gasteiger partial charge in [-0.3, -0.25) is 0 Å². The fourth-order valence-electron chi connectivity index (χ4n) is 0.342. The Hall–Kier alpha value is -0.640. The first-order valence-electron chi connectivity index (χ1n) is 3.18. The SMILES string of the molecule is Clc1ccccn1.NCCO. The van der Waals surface area contributed by atoms with Crippen LogP contribution in [0.15, 0.2) is 24.4 Å². The summed E-state index contributed by atoms with van der Waals surface area (Å²) in [6, 6.07) is 5.41. The van der Waals surface area contributed by atoms with Crippen molar-refractivity contribution in [2.24, 2.45) is 5.73 Å². The third-order valence-electron chi connectivity index (χ3n) is 0.758. The highest BCUT2D eigenvalue weighted by Crippen LogP contribution is 1.98. The first-order valence-corrected chi connectivity index (χ1v) is 3.56. The number of hydrogen-bond acceptors (Lipinski definition) is 3. The molecule has 3 nitrogen and oxygen atoms in total. The van der Waals surface area contributed by atoms with E-state index in [9.17, 15) is 0 Å². The van der Waals surface area contributed by atoms with Crippen LogP contribution in [0.3, 0.4) is 0 Å². The van der Waals surface area contributed by atoms with Gasteiger partial charge in [-0.05, 0) is 12.1 Å². The number of aliphatic hydroxyl groups is 1. The summed E-state index contributed by atoms with van der Waals surface area (Å²) in [5.41, 5.74) is 4.78. The molecule has 0 atom stereocenters. The number of aliphatic hydroxyl groups excluding tert-OH is 1. The van der Waals surface area contributed by atoms with Crippen LogP contribution in [0, 0.1) is 0 Å². The normalized spacial score (nSPS) is 8.27. The van der Waals surface area contributed by atoms with Crippen LogP contribution < -0.4 is 5.73 Å². The van der Waals surface area contributed by atoms with Crippen LogP contribution in [0.5, 0.6) is 0 Å². The Morgan fingerprint density at radius 3 is 2.36 bits per heavy atom. The standard InChI is InChI=1S/C5H4ClN.C2H7NO/c6-5-3-1-2-4-7-5;3-1-2-4/h1-4H;4H,1-3H2. The minimum Gasteiger partial charge on any atom is -0.395 e. The third-order valence-corrected chi connectivity index (χ3v) is 0.981. The van der Waals surface area contributed by atoms with Gasteiger partial charge in [0.15, 0.2) is 0 Å². The molecule has 3 N–H and O–H groups in total. The van der Waals surface area contributed by atoms with Gasteiger partial charge in [-0.2, -0.15) is 0 Å². The molecule has 0 saturated heterocycles. The molecule has 0 aliphatic carbocycles. The lowest BCUT2D eigenvalue weighted by Gasteiger charge is -1.79. The summed E-state index contributed by atoms with van der Waals surface area (Å²) >= 11 is 5.43. The summed E-state index contributed by atoms with van der Waals surface area (Å²) in [6.45, 7) is 0.472. The van der Waals surface area contributed by atoms with E-state index >= 15 is 0 Å². The number of nitrogens with zero attached hydrogens (tertiary/aromatic N) is 1. The predicted molar refractivity (Wildman–Crippen MR) is 45.4 cm³/mol. The monoisotopic (exact) mass is 174 g/mol. The van der Waals surface area contributed by atoms with Gasteiger partial charge in [0.1, 0.15) is 5.15 Å². The largest absolute Gasteiger partial charge is 0.395 e. The van der Waals surface area contributed by atoms with Crippen molar-refractivity contribution < 1.29 is 5.11 Å². The van der Waals surface area contributed by atoms with E-state index in [1.165, 1.54) is 0 Å². The number of halogens is 1. The smallest absolute Gasteiger partial charge is 0.129 e. The first-order chi connectivity index (χ1) is 5.31. The maximum absolute atomic E-state index is 7.75. The van der Waals surface area contributed by atoms with E-state index in [0.717, 1.165) is 0 Å². The van der Waals surface area contributed by atoms with Crippen LogP contribution in [0.25, 0.3) is 0 Å². The molecule has 1 heterocycles. The van der Waals surface area contributed by atoms with Crippen molar-refractivity contribution in [1.29, 1.82) is 0 Å². The summed E-state index contributed by atoms with van der Waals surface area (Å²) in [4.78, 5) is 3.74. The summed E-state index contributed by atoms with van der Waals surface area (Å²) in [5.74, 6) is 0. The van der Waals surface area contributed by atoms with Crippen molar-refractivity contribution in [2.75, 3.05) is 13.2 Å². The Balaban J connectivity index is 0.000000218. The molecule has 1 aromatic heterocycles. The van der Waals surface area contributed by atoms with Crippen LogP contribution in [-0.2, 0) is 0 Å². The van der Waals surface area contributed by atoms with Gasteiger partial charge in [-0.15, -0.1) is 0 Å². The molecular weight excluding hydrogens is 164 g/mol. The molecule has 0 fully saturated rings. The molecule has 4 heteroatoms. The molecular formula is C7H11ClN2O. The van der Waals surface area contributed by atoms with Crippen LogP contribution in [0.1, 0.15) is 0 Å². The van der Waals surface area contributed by atoms with Crippen molar-refractivity contribution in [1.82, 2.24) is 4.98 Å². The molecule has 0 aliphatic heterocycles. The summed E-state index contributed by atoms with van der Waals surface area (Å²) in [6.07, 6.45) is 1.66. The Morgan fingerprint density at radius 1 is 1.55 bits per heavy atom. The maximum atomic E-state index is 7.75. The molecule has 0 spiro atoms. The lowest BCUT2D eigenvalue weighted by Crippen LogP contribution is -2.02. The molecule has 1 aromatic rings. The first kappa shape index (κ1) is 10.4. The molecule has 0 amide bonds. The van der Waals surface area contributed by atoms with Crippen molar-refractivity contribution in [3.8, 4) is 0 Å². The second-order valence-electron chi connectivity index (χ2n) is 1.66. The van der Waals surface area contributed by atoms with Gasteiger partial charge in [-0.25, -0.2) is 4.98 Å².